The van der Waals surface area contributed by atoms with Crippen LogP contribution in [0.25, 0.3) is 22.2 Å². The van der Waals surface area contributed by atoms with Crippen LogP contribution < -0.4 is 5.32 Å². The molecule has 1 fully saturated rings. The Labute approximate surface area is 224 Å². The molecule has 1 heterocycles. The minimum Gasteiger partial charge on any atom is -0.343 e. The number of aryl methyl sites for hydroxylation is 1. The molecular weight excluding hydrogens is 502 g/mol. The standard InChI is InChI=1S/C30H28F2N4OS/c31-30(32)15-13-24(25(19-30)29(37)34-17-16-33)23-6-2-1-5-22(23)20-9-11-21(12-10-20)38-18-14-28-35-26-7-3-4-8-27(26)36-28/h1-12,24-25H,13-15,17-19H2,(H,34,37)(H,35,36)/t24-,25+/m0/s1. The van der Waals surface area contributed by atoms with Crippen molar-refractivity contribution in [3.63, 3.8) is 0 Å². The second-order valence-corrected chi connectivity index (χ2v) is 10.8. The number of thioether (sulfide) groups is 1. The largest absolute Gasteiger partial charge is 0.343 e. The van der Waals surface area contributed by atoms with E-state index in [1.807, 2.05) is 66.7 Å². The number of amides is 1. The number of nitriles is 1. The maximum Gasteiger partial charge on any atom is 0.249 e. The van der Waals surface area contributed by atoms with Gasteiger partial charge < -0.3 is 10.3 Å². The molecule has 5 rings (SSSR count). The Morgan fingerprint density at radius 2 is 1.87 bits per heavy atom. The third kappa shape index (κ3) is 5.89. The number of hydrogen-bond acceptors (Lipinski definition) is 4. The molecule has 0 radical (unpaired) electrons. The van der Waals surface area contributed by atoms with Crippen LogP contribution in [0, 0.1) is 17.2 Å². The lowest BCUT2D eigenvalue weighted by atomic mass is 9.72. The van der Waals surface area contributed by atoms with Gasteiger partial charge in [0.05, 0.1) is 23.0 Å². The van der Waals surface area contributed by atoms with Crippen molar-refractivity contribution in [1.82, 2.24) is 15.3 Å². The summed E-state index contributed by atoms with van der Waals surface area (Å²) < 4.78 is 28.6. The highest BCUT2D eigenvalue weighted by Crippen LogP contribution is 2.47. The molecule has 2 N–H and O–H groups in total. The number of benzene rings is 3. The van der Waals surface area contributed by atoms with Crippen molar-refractivity contribution in [2.45, 2.75) is 42.4 Å². The molecular formula is C30H28F2N4OS. The number of nitrogens with zero attached hydrogens (tertiary/aromatic N) is 2. The number of H-pyrrole nitrogens is 1. The number of imidazole rings is 1. The average molecular weight is 531 g/mol. The van der Waals surface area contributed by atoms with Crippen LogP contribution in [0.5, 0.6) is 0 Å². The number of para-hydroxylation sites is 2. The van der Waals surface area contributed by atoms with Crippen molar-refractivity contribution >= 4 is 28.7 Å². The average Bonchev–Trinajstić information content (AvgIpc) is 3.35. The minimum atomic E-state index is -2.89. The second-order valence-electron chi connectivity index (χ2n) is 9.60. The van der Waals surface area contributed by atoms with Gasteiger partial charge in [-0.3, -0.25) is 4.79 Å². The van der Waals surface area contributed by atoms with Crippen molar-refractivity contribution in [3.05, 3.63) is 84.2 Å². The Kier molecular flexibility index (Phi) is 7.75. The first-order valence-electron chi connectivity index (χ1n) is 12.7. The van der Waals surface area contributed by atoms with Crippen molar-refractivity contribution in [3.8, 4) is 17.2 Å². The van der Waals surface area contributed by atoms with Crippen LogP contribution in [0.3, 0.4) is 0 Å². The summed E-state index contributed by atoms with van der Waals surface area (Å²) in [5.41, 5.74) is 4.84. The van der Waals surface area contributed by atoms with Crippen molar-refractivity contribution < 1.29 is 13.6 Å². The van der Waals surface area contributed by atoms with E-state index >= 15 is 0 Å². The van der Waals surface area contributed by atoms with E-state index in [1.165, 1.54) is 0 Å². The quantitative estimate of drug-likeness (QED) is 0.196. The van der Waals surface area contributed by atoms with Crippen molar-refractivity contribution in [2.24, 2.45) is 5.92 Å². The fourth-order valence-corrected chi connectivity index (χ4v) is 6.10. The van der Waals surface area contributed by atoms with E-state index in [0.29, 0.717) is 0 Å². The van der Waals surface area contributed by atoms with E-state index in [1.54, 1.807) is 11.8 Å². The molecule has 1 aromatic heterocycles. The smallest absolute Gasteiger partial charge is 0.249 e. The number of carbonyl (C=O) groups is 1. The van der Waals surface area contributed by atoms with E-state index in [-0.39, 0.29) is 25.3 Å². The topological polar surface area (TPSA) is 81.6 Å². The Morgan fingerprint density at radius 1 is 1.11 bits per heavy atom. The molecule has 0 unspecified atom stereocenters. The number of alkyl halides is 2. The molecule has 3 aromatic carbocycles. The normalized spacial score (nSPS) is 18.7. The predicted molar refractivity (Wildman–Crippen MR) is 146 cm³/mol. The van der Waals surface area contributed by atoms with Gasteiger partial charge in [-0.2, -0.15) is 5.26 Å². The number of hydrogen-bond donors (Lipinski definition) is 2. The number of aromatic amines is 1. The Balaban J connectivity index is 1.30. The molecule has 1 aliphatic carbocycles. The van der Waals surface area contributed by atoms with Gasteiger partial charge in [0.15, 0.2) is 0 Å². The monoisotopic (exact) mass is 530 g/mol. The van der Waals surface area contributed by atoms with E-state index in [9.17, 15) is 13.6 Å². The van der Waals surface area contributed by atoms with Gasteiger partial charge in [-0.25, -0.2) is 13.8 Å². The third-order valence-corrected chi connectivity index (χ3v) is 8.09. The number of rotatable bonds is 8. The number of halogens is 2. The van der Waals surface area contributed by atoms with Crippen LogP contribution >= 0.6 is 11.8 Å². The van der Waals surface area contributed by atoms with Gasteiger partial charge in [0.2, 0.25) is 11.8 Å². The zero-order chi connectivity index (χ0) is 26.5. The van der Waals surface area contributed by atoms with Crippen molar-refractivity contribution in [2.75, 3.05) is 12.3 Å². The summed E-state index contributed by atoms with van der Waals surface area (Å²) in [6.07, 6.45) is 0.273. The highest BCUT2D eigenvalue weighted by Gasteiger charge is 2.45. The van der Waals surface area contributed by atoms with Gasteiger partial charge in [-0.1, -0.05) is 48.5 Å². The summed E-state index contributed by atoms with van der Waals surface area (Å²) >= 11 is 1.75. The first-order valence-corrected chi connectivity index (χ1v) is 13.7. The molecule has 1 saturated carbocycles. The van der Waals surface area contributed by atoms with E-state index in [4.69, 9.17) is 5.26 Å². The highest BCUT2D eigenvalue weighted by atomic mass is 32.2. The van der Waals surface area contributed by atoms with Gasteiger partial charge in [0, 0.05) is 29.9 Å². The van der Waals surface area contributed by atoms with Crippen LogP contribution in [0.2, 0.25) is 0 Å². The van der Waals surface area contributed by atoms with Gasteiger partial charge in [0.1, 0.15) is 12.4 Å². The Hall–Kier alpha value is -3.70. The molecule has 0 saturated heterocycles. The molecule has 194 valence electrons. The van der Waals surface area contributed by atoms with E-state index < -0.39 is 24.2 Å². The van der Waals surface area contributed by atoms with Crippen LogP contribution in [-0.4, -0.2) is 34.1 Å². The molecule has 8 heteroatoms. The third-order valence-electron chi connectivity index (χ3n) is 7.08. The fourth-order valence-electron chi connectivity index (χ4n) is 5.24. The number of carbonyl (C=O) groups excluding carboxylic acids is 1. The second kappa shape index (κ2) is 11.4. The summed E-state index contributed by atoms with van der Waals surface area (Å²) in [6.45, 7) is -0.190. The fraction of sp³-hybridized carbons (Fsp3) is 0.300. The molecule has 1 amide bonds. The maximum atomic E-state index is 14.3. The summed E-state index contributed by atoms with van der Waals surface area (Å²) in [6, 6.07) is 25.8. The number of fused-ring (bicyclic) bond motifs is 1. The maximum absolute atomic E-state index is 14.3. The van der Waals surface area contributed by atoms with E-state index in [0.717, 1.165) is 50.6 Å². The minimum absolute atomic E-state index is 0.190. The van der Waals surface area contributed by atoms with Gasteiger partial charge in [-0.15, -0.1) is 11.8 Å². The van der Waals surface area contributed by atoms with Gasteiger partial charge in [0.25, 0.3) is 0 Å². The number of nitrogens with one attached hydrogen (secondary N) is 2. The van der Waals surface area contributed by atoms with Gasteiger partial charge in [-0.05, 0) is 53.3 Å². The molecule has 0 aliphatic heterocycles. The first kappa shape index (κ1) is 25.9. The van der Waals surface area contributed by atoms with Crippen molar-refractivity contribution in [1.29, 1.82) is 5.26 Å². The molecule has 4 aromatic rings. The molecule has 2 atom stereocenters. The highest BCUT2D eigenvalue weighted by molar-refractivity contribution is 7.99. The van der Waals surface area contributed by atoms with Crippen LogP contribution in [0.4, 0.5) is 8.78 Å². The lowest BCUT2D eigenvalue weighted by Gasteiger charge is -2.36. The predicted octanol–water partition coefficient (Wildman–Crippen LogP) is 6.72. The Morgan fingerprint density at radius 3 is 2.66 bits per heavy atom. The molecule has 0 spiro atoms. The molecule has 38 heavy (non-hydrogen) atoms. The first-order chi connectivity index (χ1) is 18.4. The molecule has 0 bridgehead atoms. The number of aromatic nitrogens is 2. The Bertz CT molecular complexity index is 1430. The van der Waals surface area contributed by atoms with Gasteiger partial charge >= 0.3 is 0 Å². The summed E-state index contributed by atoms with van der Waals surface area (Å²) in [5.74, 6) is -2.76. The lowest BCUT2D eigenvalue weighted by Crippen LogP contribution is -2.41. The van der Waals surface area contributed by atoms with Crippen LogP contribution in [0.15, 0.2) is 77.7 Å². The SMILES string of the molecule is N#CCNC(=O)[C@@H]1CC(F)(F)CC[C@H]1c1ccccc1-c1ccc(SCCc2nc3ccccc3[nH]2)cc1. The summed E-state index contributed by atoms with van der Waals surface area (Å²) in [7, 11) is 0. The summed E-state index contributed by atoms with van der Waals surface area (Å²) in [4.78, 5) is 21.9. The molecule has 5 nitrogen and oxygen atoms in total. The molecule has 1 aliphatic rings. The summed E-state index contributed by atoms with van der Waals surface area (Å²) in [5, 5.41) is 11.3. The zero-order valence-corrected chi connectivity index (χ0v) is 21.6. The lowest BCUT2D eigenvalue weighted by molar-refractivity contribution is -0.133. The zero-order valence-electron chi connectivity index (χ0n) is 20.8. The van der Waals surface area contributed by atoms with Crippen LogP contribution in [-0.2, 0) is 11.2 Å². The van der Waals surface area contributed by atoms with Crippen LogP contribution in [0.1, 0.15) is 36.6 Å². The van der Waals surface area contributed by atoms with E-state index in [2.05, 4.69) is 27.4 Å².